The Bertz CT molecular complexity index is 588. The molecule has 5 nitrogen and oxygen atoms in total. The van der Waals surface area contributed by atoms with Crippen molar-refractivity contribution in [2.24, 2.45) is 0 Å². The monoisotopic (exact) mass is 292 g/mol. The summed E-state index contributed by atoms with van der Waals surface area (Å²) >= 11 is 5.94. The molecule has 1 fully saturated rings. The van der Waals surface area contributed by atoms with Gasteiger partial charge >= 0.3 is 0 Å². The van der Waals surface area contributed by atoms with Crippen molar-refractivity contribution in [3.05, 3.63) is 35.1 Å². The molecule has 2 heterocycles. The average molecular weight is 293 g/mol. The third kappa shape index (κ3) is 2.51. The SMILES string of the molecule is Cc1nnc(N2CCC(O)CC2)n1-c1ccc(Cl)cc1. The largest absolute Gasteiger partial charge is 0.393 e. The van der Waals surface area contributed by atoms with Crippen LogP contribution in [-0.2, 0) is 0 Å². The molecule has 6 heteroatoms. The summed E-state index contributed by atoms with van der Waals surface area (Å²) in [5.41, 5.74) is 0.998. The lowest BCUT2D eigenvalue weighted by molar-refractivity contribution is 0.145. The van der Waals surface area contributed by atoms with Gasteiger partial charge in [-0.25, -0.2) is 0 Å². The van der Waals surface area contributed by atoms with Crippen LogP contribution in [0.1, 0.15) is 18.7 Å². The normalized spacial score (nSPS) is 16.6. The molecule has 0 bridgehead atoms. The van der Waals surface area contributed by atoms with E-state index in [9.17, 15) is 5.11 Å². The van der Waals surface area contributed by atoms with E-state index in [0.717, 1.165) is 43.4 Å². The number of piperidine rings is 1. The van der Waals surface area contributed by atoms with Gasteiger partial charge in [0, 0.05) is 18.1 Å². The highest BCUT2D eigenvalue weighted by molar-refractivity contribution is 6.30. The zero-order chi connectivity index (χ0) is 14.1. The smallest absolute Gasteiger partial charge is 0.231 e. The Morgan fingerprint density at radius 3 is 2.45 bits per heavy atom. The standard InChI is InChI=1S/C14H17ClN4O/c1-10-16-17-14(18-8-6-13(20)7-9-18)19(10)12-4-2-11(15)3-5-12/h2-5,13,20H,6-9H2,1H3. The van der Waals surface area contributed by atoms with Crippen LogP contribution in [-0.4, -0.2) is 39.1 Å². The van der Waals surface area contributed by atoms with E-state index in [-0.39, 0.29) is 6.10 Å². The number of hydrogen-bond acceptors (Lipinski definition) is 4. The van der Waals surface area contributed by atoms with Gasteiger partial charge in [0.2, 0.25) is 5.95 Å². The number of nitrogens with zero attached hydrogens (tertiary/aromatic N) is 4. The fourth-order valence-electron chi connectivity index (χ4n) is 2.51. The second-order valence-corrected chi connectivity index (χ2v) is 5.51. The van der Waals surface area contributed by atoms with E-state index in [1.165, 1.54) is 0 Å². The van der Waals surface area contributed by atoms with E-state index in [0.29, 0.717) is 5.02 Å². The maximum atomic E-state index is 9.61. The van der Waals surface area contributed by atoms with E-state index >= 15 is 0 Å². The Balaban J connectivity index is 1.95. The van der Waals surface area contributed by atoms with E-state index in [1.807, 2.05) is 35.8 Å². The van der Waals surface area contributed by atoms with Crippen molar-refractivity contribution in [3.63, 3.8) is 0 Å². The third-order valence-electron chi connectivity index (χ3n) is 3.64. The first-order valence-corrected chi connectivity index (χ1v) is 7.14. The molecular weight excluding hydrogens is 276 g/mol. The van der Waals surface area contributed by atoms with Gasteiger partial charge in [0.25, 0.3) is 0 Å². The van der Waals surface area contributed by atoms with Crippen LogP contribution in [0.25, 0.3) is 5.69 Å². The second-order valence-electron chi connectivity index (χ2n) is 5.08. The number of aliphatic hydroxyl groups excluding tert-OH is 1. The van der Waals surface area contributed by atoms with Crippen LogP contribution >= 0.6 is 11.6 Å². The molecule has 1 aliphatic rings. The molecule has 1 N–H and O–H groups in total. The van der Waals surface area contributed by atoms with Crippen molar-refractivity contribution in [3.8, 4) is 5.69 Å². The van der Waals surface area contributed by atoms with E-state index in [4.69, 9.17) is 11.6 Å². The highest BCUT2D eigenvalue weighted by atomic mass is 35.5. The molecule has 0 spiro atoms. The number of aryl methyl sites for hydroxylation is 1. The van der Waals surface area contributed by atoms with E-state index < -0.39 is 0 Å². The highest BCUT2D eigenvalue weighted by Crippen LogP contribution is 2.24. The topological polar surface area (TPSA) is 54.2 Å². The molecular formula is C14H17ClN4O. The summed E-state index contributed by atoms with van der Waals surface area (Å²) in [6, 6.07) is 7.64. The molecule has 0 amide bonds. The minimum absolute atomic E-state index is 0.195. The number of aromatic nitrogens is 3. The van der Waals surface area contributed by atoms with Gasteiger partial charge in [0.15, 0.2) is 0 Å². The summed E-state index contributed by atoms with van der Waals surface area (Å²) in [5, 5.41) is 18.8. The van der Waals surface area contributed by atoms with Gasteiger partial charge in [0.05, 0.1) is 11.8 Å². The van der Waals surface area contributed by atoms with Crippen molar-refractivity contribution in [2.45, 2.75) is 25.9 Å². The third-order valence-corrected chi connectivity index (χ3v) is 3.89. The lowest BCUT2D eigenvalue weighted by atomic mass is 10.1. The van der Waals surface area contributed by atoms with Gasteiger partial charge in [-0.3, -0.25) is 4.57 Å². The maximum absolute atomic E-state index is 9.61. The van der Waals surface area contributed by atoms with Gasteiger partial charge in [-0.1, -0.05) is 11.6 Å². The van der Waals surface area contributed by atoms with Gasteiger partial charge < -0.3 is 10.0 Å². The van der Waals surface area contributed by atoms with Gasteiger partial charge in [-0.2, -0.15) is 0 Å². The first kappa shape index (κ1) is 13.4. The Hall–Kier alpha value is -1.59. The van der Waals surface area contributed by atoms with E-state index in [2.05, 4.69) is 15.1 Å². The van der Waals surface area contributed by atoms with Crippen molar-refractivity contribution >= 4 is 17.5 Å². The first-order chi connectivity index (χ1) is 9.65. The fraction of sp³-hybridized carbons (Fsp3) is 0.429. The van der Waals surface area contributed by atoms with Crippen LogP contribution in [0.15, 0.2) is 24.3 Å². The molecule has 0 radical (unpaired) electrons. The first-order valence-electron chi connectivity index (χ1n) is 6.76. The zero-order valence-corrected chi connectivity index (χ0v) is 12.1. The van der Waals surface area contributed by atoms with Crippen LogP contribution < -0.4 is 4.90 Å². The van der Waals surface area contributed by atoms with Gasteiger partial charge in [-0.05, 0) is 44.0 Å². The second kappa shape index (κ2) is 5.42. The summed E-state index contributed by atoms with van der Waals surface area (Å²) in [5.74, 6) is 1.67. The number of anilines is 1. The molecule has 2 aromatic rings. The quantitative estimate of drug-likeness (QED) is 0.922. The molecule has 0 unspecified atom stereocenters. The fourth-order valence-corrected chi connectivity index (χ4v) is 2.64. The van der Waals surface area contributed by atoms with Crippen LogP contribution in [0.4, 0.5) is 5.95 Å². The molecule has 0 atom stereocenters. The number of halogens is 1. The molecule has 1 aromatic heterocycles. The molecule has 1 aliphatic heterocycles. The predicted octanol–water partition coefficient (Wildman–Crippen LogP) is 2.19. The average Bonchev–Trinajstić information content (AvgIpc) is 2.83. The number of aliphatic hydroxyl groups is 1. The number of hydrogen-bond donors (Lipinski definition) is 1. The van der Waals surface area contributed by atoms with Gasteiger partial charge in [0.1, 0.15) is 5.82 Å². The van der Waals surface area contributed by atoms with Crippen LogP contribution in [0.3, 0.4) is 0 Å². The molecule has 1 aromatic carbocycles. The van der Waals surface area contributed by atoms with E-state index in [1.54, 1.807) is 0 Å². The molecule has 0 aliphatic carbocycles. The van der Waals surface area contributed by atoms with Crippen molar-refractivity contribution in [1.82, 2.24) is 14.8 Å². The van der Waals surface area contributed by atoms with Crippen molar-refractivity contribution in [2.75, 3.05) is 18.0 Å². The highest BCUT2D eigenvalue weighted by Gasteiger charge is 2.22. The Labute approximate surface area is 122 Å². The Morgan fingerprint density at radius 1 is 1.15 bits per heavy atom. The summed E-state index contributed by atoms with van der Waals surface area (Å²) < 4.78 is 2.02. The summed E-state index contributed by atoms with van der Waals surface area (Å²) in [6.45, 7) is 3.53. The predicted molar refractivity (Wildman–Crippen MR) is 78.6 cm³/mol. The summed E-state index contributed by atoms with van der Waals surface area (Å²) in [4.78, 5) is 2.17. The summed E-state index contributed by atoms with van der Waals surface area (Å²) in [7, 11) is 0. The summed E-state index contributed by atoms with van der Waals surface area (Å²) in [6.07, 6.45) is 1.35. The lowest BCUT2D eigenvalue weighted by Gasteiger charge is -2.30. The number of benzene rings is 1. The molecule has 1 saturated heterocycles. The Morgan fingerprint density at radius 2 is 1.80 bits per heavy atom. The molecule has 106 valence electrons. The minimum Gasteiger partial charge on any atom is -0.393 e. The molecule has 20 heavy (non-hydrogen) atoms. The van der Waals surface area contributed by atoms with Crippen molar-refractivity contribution < 1.29 is 5.11 Å². The van der Waals surface area contributed by atoms with Gasteiger partial charge in [-0.15, -0.1) is 10.2 Å². The maximum Gasteiger partial charge on any atom is 0.231 e. The van der Waals surface area contributed by atoms with Crippen molar-refractivity contribution in [1.29, 1.82) is 0 Å². The van der Waals surface area contributed by atoms with Crippen LogP contribution in [0.5, 0.6) is 0 Å². The molecule has 0 saturated carbocycles. The lowest BCUT2D eigenvalue weighted by Crippen LogP contribution is -2.37. The molecule has 3 rings (SSSR count). The number of rotatable bonds is 2. The van der Waals surface area contributed by atoms with Crippen LogP contribution in [0, 0.1) is 6.92 Å². The van der Waals surface area contributed by atoms with Crippen LogP contribution in [0.2, 0.25) is 5.02 Å². The Kier molecular flexibility index (Phi) is 3.63. The zero-order valence-electron chi connectivity index (χ0n) is 11.3. The minimum atomic E-state index is -0.195.